The second kappa shape index (κ2) is 4.86. The fraction of sp³-hybridized carbons (Fsp3) is 0.400. The highest BCUT2D eigenvalue weighted by atomic mass is 15.5. The third-order valence-electron chi connectivity index (χ3n) is 2.00. The van der Waals surface area contributed by atoms with E-state index in [1.54, 1.807) is 27.7 Å². The van der Waals surface area contributed by atoms with E-state index in [0.29, 0.717) is 35.2 Å². The van der Waals surface area contributed by atoms with E-state index in [1.165, 1.54) is 0 Å². The third kappa shape index (κ3) is 3.06. The minimum Gasteiger partial charge on any atom is -0.265 e. The van der Waals surface area contributed by atoms with Crippen molar-refractivity contribution < 1.29 is 0 Å². The van der Waals surface area contributed by atoms with E-state index in [-0.39, 0.29) is 0 Å². The lowest BCUT2D eigenvalue weighted by atomic mass is 10.6. The highest BCUT2D eigenvalue weighted by Gasteiger charge is 2.02. The van der Waals surface area contributed by atoms with E-state index in [9.17, 15) is 0 Å². The van der Waals surface area contributed by atoms with Gasteiger partial charge in [0.1, 0.15) is 23.3 Å². The Morgan fingerprint density at radius 3 is 1.06 bits per heavy atom. The summed E-state index contributed by atoms with van der Waals surface area (Å²) in [7, 11) is 0. The predicted octanol–water partition coefficient (Wildman–Crippen LogP) is 0.729. The fourth-order valence-corrected chi connectivity index (χ4v) is 1.45. The van der Waals surface area contributed by atoms with Crippen LogP contribution >= 0.6 is 0 Å². The molecule has 0 aromatic carbocycles. The molecule has 8 nitrogen and oxygen atoms in total. The average molecular weight is 246 g/mol. The molecule has 0 aliphatic carbocycles. The third-order valence-corrected chi connectivity index (χ3v) is 2.00. The summed E-state index contributed by atoms with van der Waals surface area (Å²) < 4.78 is 0. The van der Waals surface area contributed by atoms with Crippen LogP contribution in [-0.2, 0) is 0 Å². The van der Waals surface area contributed by atoms with Crippen LogP contribution in [0.5, 0.6) is 0 Å². The zero-order valence-electron chi connectivity index (χ0n) is 10.7. The molecular formula is C10H14N8. The van der Waals surface area contributed by atoms with Crippen LogP contribution in [-0.4, -0.2) is 29.9 Å². The molecule has 0 saturated heterocycles. The number of hydrogen-bond acceptors (Lipinski definition) is 8. The monoisotopic (exact) mass is 246 g/mol. The largest absolute Gasteiger partial charge is 0.265 e. The molecule has 0 spiro atoms. The summed E-state index contributed by atoms with van der Waals surface area (Å²) in [5, 5.41) is 0. The van der Waals surface area contributed by atoms with E-state index >= 15 is 0 Å². The molecule has 8 heteroatoms. The molecule has 0 aliphatic rings. The zero-order valence-corrected chi connectivity index (χ0v) is 10.7. The Labute approximate surface area is 104 Å². The van der Waals surface area contributed by atoms with E-state index in [4.69, 9.17) is 0 Å². The Balaban J connectivity index is 2.11. The van der Waals surface area contributed by atoms with Gasteiger partial charge in [0, 0.05) is 0 Å². The number of aromatic nitrogens is 6. The molecule has 0 unspecified atom stereocenters. The van der Waals surface area contributed by atoms with E-state index in [0.717, 1.165) is 0 Å². The van der Waals surface area contributed by atoms with Crippen molar-refractivity contribution in [2.45, 2.75) is 27.7 Å². The molecule has 0 aliphatic heterocycles. The molecule has 94 valence electrons. The first-order valence-electron chi connectivity index (χ1n) is 5.43. The molecule has 0 atom stereocenters. The van der Waals surface area contributed by atoms with Gasteiger partial charge in [-0.05, 0) is 27.7 Å². The molecule has 0 saturated carbocycles. The summed E-state index contributed by atoms with van der Waals surface area (Å²) in [5.74, 6) is 3.45. The van der Waals surface area contributed by atoms with Crippen LogP contribution in [0, 0.1) is 27.7 Å². The van der Waals surface area contributed by atoms with E-state index in [2.05, 4.69) is 40.8 Å². The summed E-state index contributed by atoms with van der Waals surface area (Å²) in [6, 6.07) is 0. The predicted molar refractivity (Wildman–Crippen MR) is 65.8 cm³/mol. The van der Waals surface area contributed by atoms with Gasteiger partial charge < -0.3 is 0 Å². The van der Waals surface area contributed by atoms with Gasteiger partial charge in [-0.15, -0.1) is 0 Å². The maximum atomic E-state index is 4.13. The second-order valence-corrected chi connectivity index (χ2v) is 3.76. The Morgan fingerprint density at radius 1 is 0.500 bits per heavy atom. The summed E-state index contributed by atoms with van der Waals surface area (Å²) in [6.45, 7) is 7.21. The van der Waals surface area contributed by atoms with Gasteiger partial charge in [-0.3, -0.25) is 10.9 Å². The van der Waals surface area contributed by atoms with Gasteiger partial charge in [0.05, 0.1) is 0 Å². The summed E-state index contributed by atoms with van der Waals surface area (Å²) in [5.41, 5.74) is 5.66. The molecule has 0 bridgehead atoms. The van der Waals surface area contributed by atoms with Crippen LogP contribution in [0.1, 0.15) is 23.3 Å². The van der Waals surface area contributed by atoms with Crippen LogP contribution < -0.4 is 10.9 Å². The number of rotatable bonds is 3. The minimum atomic E-state index is 0.427. The van der Waals surface area contributed by atoms with Crippen molar-refractivity contribution in [2.24, 2.45) is 0 Å². The Kier molecular flexibility index (Phi) is 3.26. The lowest BCUT2D eigenvalue weighted by Crippen LogP contribution is -2.16. The van der Waals surface area contributed by atoms with Crippen LogP contribution in [0.3, 0.4) is 0 Å². The summed E-state index contributed by atoms with van der Waals surface area (Å²) >= 11 is 0. The SMILES string of the molecule is Cc1nc(C)nc(NNc2nc(C)nc(C)n2)n1. The molecular weight excluding hydrogens is 232 g/mol. The first kappa shape index (κ1) is 12.1. The van der Waals surface area contributed by atoms with E-state index in [1.807, 2.05) is 0 Å². The minimum absolute atomic E-state index is 0.427. The Morgan fingerprint density at radius 2 is 0.778 bits per heavy atom. The normalized spacial score (nSPS) is 10.2. The number of hydrazine groups is 1. The van der Waals surface area contributed by atoms with Gasteiger partial charge in [-0.1, -0.05) is 0 Å². The number of aryl methyl sites for hydroxylation is 4. The summed E-state index contributed by atoms with van der Waals surface area (Å²) in [6.07, 6.45) is 0. The van der Waals surface area contributed by atoms with Crippen molar-refractivity contribution in [3.8, 4) is 0 Å². The molecule has 18 heavy (non-hydrogen) atoms. The van der Waals surface area contributed by atoms with Crippen molar-refractivity contribution in [3.63, 3.8) is 0 Å². The first-order valence-corrected chi connectivity index (χ1v) is 5.43. The maximum absolute atomic E-state index is 4.13. The van der Waals surface area contributed by atoms with Crippen molar-refractivity contribution in [2.75, 3.05) is 10.9 Å². The highest BCUT2D eigenvalue weighted by molar-refractivity contribution is 5.35. The van der Waals surface area contributed by atoms with Crippen molar-refractivity contribution >= 4 is 11.9 Å². The average Bonchev–Trinajstić information content (AvgIpc) is 2.23. The lowest BCUT2D eigenvalue weighted by Gasteiger charge is -2.08. The van der Waals surface area contributed by atoms with Crippen molar-refractivity contribution in [1.82, 2.24) is 29.9 Å². The van der Waals surface area contributed by atoms with Gasteiger partial charge in [0.25, 0.3) is 0 Å². The maximum Gasteiger partial charge on any atom is 0.245 e. The highest BCUT2D eigenvalue weighted by Crippen LogP contribution is 2.02. The molecule has 2 N–H and O–H groups in total. The fourth-order valence-electron chi connectivity index (χ4n) is 1.45. The topological polar surface area (TPSA) is 101 Å². The number of nitrogens with zero attached hydrogens (tertiary/aromatic N) is 6. The lowest BCUT2D eigenvalue weighted by molar-refractivity contribution is 0.903. The molecule has 2 rings (SSSR count). The standard InChI is InChI=1S/C10H14N8/c1-5-11-6(2)14-9(13-5)17-18-10-15-7(3)12-8(4)16-10/h1-4H3,(H,11,13,14,17)(H,12,15,16,18). The van der Waals surface area contributed by atoms with Crippen LogP contribution in [0.2, 0.25) is 0 Å². The molecule has 2 heterocycles. The summed E-state index contributed by atoms with van der Waals surface area (Å²) in [4.78, 5) is 24.7. The Bertz CT molecular complexity index is 476. The van der Waals surface area contributed by atoms with Crippen LogP contribution in [0.25, 0.3) is 0 Å². The van der Waals surface area contributed by atoms with Crippen LogP contribution in [0.15, 0.2) is 0 Å². The molecule has 2 aromatic rings. The quantitative estimate of drug-likeness (QED) is 0.764. The molecule has 0 amide bonds. The number of nitrogens with one attached hydrogen (secondary N) is 2. The smallest absolute Gasteiger partial charge is 0.245 e. The van der Waals surface area contributed by atoms with Gasteiger partial charge in [-0.2, -0.15) is 19.9 Å². The van der Waals surface area contributed by atoms with Crippen LogP contribution in [0.4, 0.5) is 11.9 Å². The van der Waals surface area contributed by atoms with Crippen molar-refractivity contribution in [1.29, 1.82) is 0 Å². The zero-order chi connectivity index (χ0) is 13.1. The van der Waals surface area contributed by atoms with Gasteiger partial charge in [0.15, 0.2) is 0 Å². The number of anilines is 2. The van der Waals surface area contributed by atoms with Crippen molar-refractivity contribution in [3.05, 3.63) is 23.3 Å². The van der Waals surface area contributed by atoms with Gasteiger partial charge >= 0.3 is 0 Å². The van der Waals surface area contributed by atoms with Gasteiger partial charge in [0.2, 0.25) is 11.9 Å². The molecule has 2 aromatic heterocycles. The van der Waals surface area contributed by atoms with Gasteiger partial charge in [-0.25, -0.2) is 9.97 Å². The molecule has 0 radical (unpaired) electrons. The Hall–Kier alpha value is -2.38. The first-order chi connectivity index (χ1) is 8.52. The number of hydrogen-bond donors (Lipinski definition) is 2. The van der Waals surface area contributed by atoms with E-state index < -0.39 is 0 Å². The molecule has 0 fully saturated rings. The second-order valence-electron chi connectivity index (χ2n) is 3.76.